The molecule has 2 heteroatoms. The van der Waals surface area contributed by atoms with Crippen LogP contribution in [0.3, 0.4) is 0 Å². The van der Waals surface area contributed by atoms with Gasteiger partial charge in [0.1, 0.15) is 0 Å². The summed E-state index contributed by atoms with van der Waals surface area (Å²) < 4.78 is 5.94. The van der Waals surface area contributed by atoms with Gasteiger partial charge >= 0.3 is 0 Å². The predicted molar refractivity (Wildman–Crippen MR) is 74.3 cm³/mol. The van der Waals surface area contributed by atoms with E-state index in [0.717, 1.165) is 25.6 Å². The highest BCUT2D eigenvalue weighted by molar-refractivity contribution is 4.77. The van der Waals surface area contributed by atoms with Crippen LogP contribution in [0.4, 0.5) is 0 Å². The quantitative estimate of drug-likeness (QED) is 0.489. The fourth-order valence-electron chi connectivity index (χ4n) is 2.54. The molecule has 0 aliphatic heterocycles. The van der Waals surface area contributed by atoms with Crippen molar-refractivity contribution >= 4 is 0 Å². The molecule has 2 nitrogen and oxygen atoms in total. The molecule has 1 rings (SSSR count). The average Bonchev–Trinajstić information content (AvgIpc) is 2.36. The molecule has 0 aromatic heterocycles. The van der Waals surface area contributed by atoms with Crippen molar-refractivity contribution in [2.45, 2.75) is 70.4 Å². The van der Waals surface area contributed by atoms with Gasteiger partial charge in [-0.15, -0.1) is 6.58 Å². The molecule has 0 bridgehead atoms. The summed E-state index contributed by atoms with van der Waals surface area (Å²) in [6.07, 6.45) is 12.5. The van der Waals surface area contributed by atoms with Gasteiger partial charge in [0.2, 0.25) is 0 Å². The summed E-state index contributed by atoms with van der Waals surface area (Å²) in [5.74, 6) is 0. The maximum absolute atomic E-state index is 5.94. The minimum Gasteiger partial charge on any atom is -0.378 e. The third-order valence-corrected chi connectivity index (χ3v) is 3.57. The van der Waals surface area contributed by atoms with Gasteiger partial charge in [-0.2, -0.15) is 0 Å². The molecule has 0 atom stereocenters. The van der Waals surface area contributed by atoms with Gasteiger partial charge in [0.25, 0.3) is 0 Å². The van der Waals surface area contributed by atoms with Gasteiger partial charge < -0.3 is 10.1 Å². The largest absolute Gasteiger partial charge is 0.378 e. The predicted octanol–water partition coefficient (Wildman–Crippen LogP) is 3.67. The highest BCUT2D eigenvalue weighted by Gasteiger charge is 2.20. The van der Waals surface area contributed by atoms with Gasteiger partial charge in [-0.1, -0.05) is 19.4 Å². The SMILES string of the molecule is C=CCCCCCOC1CCC(NCC)CC1. The highest BCUT2D eigenvalue weighted by atomic mass is 16.5. The Morgan fingerprint density at radius 1 is 1.18 bits per heavy atom. The first-order chi connectivity index (χ1) is 8.36. The normalized spacial score (nSPS) is 24.8. The Morgan fingerprint density at radius 3 is 2.59 bits per heavy atom. The van der Waals surface area contributed by atoms with E-state index in [2.05, 4.69) is 18.8 Å². The van der Waals surface area contributed by atoms with E-state index < -0.39 is 0 Å². The lowest BCUT2D eigenvalue weighted by Gasteiger charge is -2.29. The molecule has 0 aromatic carbocycles. The Bertz CT molecular complexity index is 185. The van der Waals surface area contributed by atoms with Gasteiger partial charge in [0.15, 0.2) is 0 Å². The van der Waals surface area contributed by atoms with Gasteiger partial charge in [-0.05, 0) is 51.5 Å². The molecular formula is C15H29NO. The lowest BCUT2D eigenvalue weighted by Crippen LogP contribution is -2.35. The van der Waals surface area contributed by atoms with E-state index in [-0.39, 0.29) is 0 Å². The Hall–Kier alpha value is -0.340. The van der Waals surface area contributed by atoms with Crippen LogP contribution in [-0.2, 0) is 4.74 Å². The third kappa shape index (κ3) is 6.85. The highest BCUT2D eigenvalue weighted by Crippen LogP contribution is 2.21. The third-order valence-electron chi connectivity index (χ3n) is 3.57. The molecule has 1 saturated carbocycles. The maximum Gasteiger partial charge on any atom is 0.0576 e. The topological polar surface area (TPSA) is 21.3 Å². The fraction of sp³-hybridized carbons (Fsp3) is 0.867. The molecule has 1 N–H and O–H groups in total. The van der Waals surface area contributed by atoms with Gasteiger partial charge in [0.05, 0.1) is 6.10 Å². The van der Waals surface area contributed by atoms with Crippen molar-refractivity contribution in [3.8, 4) is 0 Å². The van der Waals surface area contributed by atoms with E-state index in [9.17, 15) is 0 Å². The second kappa shape index (κ2) is 9.67. The minimum absolute atomic E-state index is 0.532. The molecule has 0 spiro atoms. The maximum atomic E-state index is 5.94. The zero-order valence-electron chi connectivity index (χ0n) is 11.4. The Labute approximate surface area is 107 Å². The molecule has 0 unspecified atom stereocenters. The summed E-state index contributed by atoms with van der Waals surface area (Å²) in [6, 6.07) is 0.743. The molecule has 17 heavy (non-hydrogen) atoms. The van der Waals surface area contributed by atoms with E-state index in [1.807, 2.05) is 6.08 Å². The minimum atomic E-state index is 0.532. The van der Waals surface area contributed by atoms with Crippen LogP contribution in [0.2, 0.25) is 0 Å². The number of hydrogen-bond acceptors (Lipinski definition) is 2. The standard InChI is InChI=1S/C15H29NO/c1-3-5-6-7-8-13-17-15-11-9-14(10-12-15)16-4-2/h3,14-16H,1,4-13H2,2H3. The molecule has 0 heterocycles. The molecule has 1 aliphatic carbocycles. The van der Waals surface area contributed by atoms with Crippen LogP contribution >= 0.6 is 0 Å². The molecule has 0 radical (unpaired) electrons. The van der Waals surface area contributed by atoms with Crippen molar-refractivity contribution in [2.24, 2.45) is 0 Å². The summed E-state index contributed by atoms with van der Waals surface area (Å²) >= 11 is 0. The van der Waals surface area contributed by atoms with Crippen molar-refractivity contribution in [2.75, 3.05) is 13.2 Å². The summed E-state index contributed by atoms with van der Waals surface area (Å²) in [7, 11) is 0. The smallest absolute Gasteiger partial charge is 0.0576 e. The van der Waals surface area contributed by atoms with Gasteiger partial charge in [-0.3, -0.25) is 0 Å². The van der Waals surface area contributed by atoms with E-state index in [1.165, 1.54) is 44.9 Å². The lowest BCUT2D eigenvalue weighted by atomic mass is 9.93. The van der Waals surface area contributed by atoms with E-state index in [1.54, 1.807) is 0 Å². The number of allylic oxidation sites excluding steroid dienone is 1. The number of unbranched alkanes of at least 4 members (excludes halogenated alkanes) is 3. The Balaban J connectivity index is 1.93. The van der Waals surface area contributed by atoms with Crippen LogP contribution in [-0.4, -0.2) is 25.3 Å². The number of rotatable bonds is 9. The monoisotopic (exact) mass is 239 g/mol. The number of hydrogen-bond donors (Lipinski definition) is 1. The molecule has 1 fully saturated rings. The summed E-state index contributed by atoms with van der Waals surface area (Å²) in [5, 5.41) is 3.53. The first-order valence-electron chi connectivity index (χ1n) is 7.32. The van der Waals surface area contributed by atoms with E-state index in [0.29, 0.717) is 6.10 Å². The molecule has 1 aliphatic rings. The molecule has 0 aromatic rings. The van der Waals surface area contributed by atoms with Crippen molar-refractivity contribution in [3.05, 3.63) is 12.7 Å². The fourth-order valence-corrected chi connectivity index (χ4v) is 2.54. The number of ether oxygens (including phenoxy) is 1. The zero-order valence-corrected chi connectivity index (χ0v) is 11.4. The molecule has 0 saturated heterocycles. The van der Waals surface area contributed by atoms with Crippen LogP contribution in [0, 0.1) is 0 Å². The van der Waals surface area contributed by atoms with E-state index in [4.69, 9.17) is 4.74 Å². The van der Waals surface area contributed by atoms with Crippen molar-refractivity contribution in [3.63, 3.8) is 0 Å². The first kappa shape index (κ1) is 14.7. The molecule has 100 valence electrons. The van der Waals surface area contributed by atoms with Crippen LogP contribution < -0.4 is 5.32 Å². The Kier molecular flexibility index (Phi) is 8.37. The molecule has 0 amide bonds. The first-order valence-corrected chi connectivity index (χ1v) is 7.32. The van der Waals surface area contributed by atoms with Crippen molar-refractivity contribution in [1.29, 1.82) is 0 Å². The van der Waals surface area contributed by atoms with Crippen LogP contribution in [0.25, 0.3) is 0 Å². The second-order valence-electron chi connectivity index (χ2n) is 5.04. The second-order valence-corrected chi connectivity index (χ2v) is 5.04. The lowest BCUT2D eigenvalue weighted by molar-refractivity contribution is 0.0207. The van der Waals surface area contributed by atoms with Gasteiger partial charge in [-0.25, -0.2) is 0 Å². The van der Waals surface area contributed by atoms with Crippen LogP contribution in [0.15, 0.2) is 12.7 Å². The molecular weight excluding hydrogens is 210 g/mol. The zero-order chi connectivity index (χ0) is 12.3. The van der Waals surface area contributed by atoms with Gasteiger partial charge in [0, 0.05) is 12.6 Å². The summed E-state index contributed by atoms with van der Waals surface area (Å²) in [5.41, 5.74) is 0. The van der Waals surface area contributed by atoms with Crippen LogP contribution in [0.5, 0.6) is 0 Å². The van der Waals surface area contributed by atoms with E-state index >= 15 is 0 Å². The summed E-state index contributed by atoms with van der Waals surface area (Å²) in [4.78, 5) is 0. The van der Waals surface area contributed by atoms with Crippen LogP contribution in [0.1, 0.15) is 58.3 Å². The van der Waals surface area contributed by atoms with Crippen molar-refractivity contribution < 1.29 is 4.74 Å². The summed E-state index contributed by atoms with van der Waals surface area (Å²) in [6.45, 7) is 7.97. The number of nitrogens with one attached hydrogen (secondary N) is 1. The average molecular weight is 239 g/mol. The van der Waals surface area contributed by atoms with Crippen molar-refractivity contribution in [1.82, 2.24) is 5.32 Å². The Morgan fingerprint density at radius 2 is 1.94 bits per heavy atom.